The second-order valence-corrected chi connectivity index (χ2v) is 8.82. The van der Waals surface area contributed by atoms with Gasteiger partial charge in [0, 0.05) is 16.9 Å². The van der Waals surface area contributed by atoms with Gasteiger partial charge >= 0.3 is 0 Å². The van der Waals surface area contributed by atoms with Crippen LogP contribution in [-0.4, -0.2) is 10.9 Å². The molecule has 2 atom stereocenters. The highest BCUT2D eigenvalue weighted by Crippen LogP contribution is 2.57. The van der Waals surface area contributed by atoms with Crippen molar-refractivity contribution in [2.45, 2.75) is 32.6 Å². The third-order valence-electron chi connectivity index (χ3n) is 7.02. The van der Waals surface area contributed by atoms with E-state index in [2.05, 4.69) is 12.1 Å². The summed E-state index contributed by atoms with van der Waals surface area (Å²) in [5, 5.41) is 11.8. The van der Waals surface area contributed by atoms with Crippen LogP contribution in [0.2, 0.25) is 5.02 Å². The standard InChI is InChI=1S/C24H23ClO2/c1-13-2-3-17(14-8-10-18(25)11-9-14)12-19(13)22-23(26)20-15-4-5-16(7-6-15)21(20)24(22)27/h2-3,8-12,15-16,20-21,26H,4-7H2,1H3/t15?,16?,20-,21+/m0/s1. The van der Waals surface area contributed by atoms with Gasteiger partial charge in [-0.1, -0.05) is 35.9 Å². The van der Waals surface area contributed by atoms with Crippen LogP contribution in [0.1, 0.15) is 36.8 Å². The van der Waals surface area contributed by atoms with Crippen LogP contribution < -0.4 is 0 Å². The lowest BCUT2D eigenvalue weighted by molar-refractivity contribution is -0.123. The normalized spacial score (nSPS) is 29.3. The van der Waals surface area contributed by atoms with Crippen molar-refractivity contribution in [2.75, 3.05) is 0 Å². The van der Waals surface area contributed by atoms with Gasteiger partial charge in [-0.05, 0) is 84.9 Å². The summed E-state index contributed by atoms with van der Waals surface area (Å²) >= 11 is 6.02. The van der Waals surface area contributed by atoms with Gasteiger partial charge in [0.2, 0.25) is 0 Å². The predicted octanol–water partition coefficient (Wildman–Crippen LogP) is 6.22. The van der Waals surface area contributed by atoms with Crippen molar-refractivity contribution >= 4 is 23.0 Å². The number of fused-ring (bicyclic) bond motifs is 2. The molecule has 0 aromatic heterocycles. The van der Waals surface area contributed by atoms with Crippen LogP contribution in [-0.2, 0) is 4.79 Å². The summed E-state index contributed by atoms with van der Waals surface area (Å²) in [6.45, 7) is 2.02. The first kappa shape index (κ1) is 17.1. The van der Waals surface area contributed by atoms with Gasteiger partial charge in [-0.15, -0.1) is 0 Å². The molecule has 3 saturated carbocycles. The molecule has 2 aromatic carbocycles. The largest absolute Gasteiger partial charge is 0.511 e. The number of aliphatic hydroxyl groups excluding tert-OH is 1. The molecule has 0 unspecified atom stereocenters. The van der Waals surface area contributed by atoms with Gasteiger partial charge in [0.15, 0.2) is 5.78 Å². The van der Waals surface area contributed by atoms with Gasteiger partial charge < -0.3 is 5.11 Å². The van der Waals surface area contributed by atoms with Crippen LogP contribution >= 0.6 is 11.6 Å². The van der Waals surface area contributed by atoms with E-state index >= 15 is 0 Å². The fraction of sp³-hybridized carbons (Fsp3) is 0.375. The molecular weight excluding hydrogens is 356 g/mol. The van der Waals surface area contributed by atoms with Gasteiger partial charge in [0.05, 0.1) is 5.57 Å². The summed E-state index contributed by atoms with van der Waals surface area (Å²) in [5.74, 6) is 1.51. The summed E-state index contributed by atoms with van der Waals surface area (Å²) in [7, 11) is 0. The van der Waals surface area contributed by atoms with Crippen molar-refractivity contribution in [3.63, 3.8) is 0 Å². The molecule has 0 heterocycles. The highest BCUT2D eigenvalue weighted by Gasteiger charge is 2.54. The molecule has 2 nitrogen and oxygen atoms in total. The number of aryl methyl sites for hydroxylation is 1. The number of allylic oxidation sites excluding steroid dienone is 2. The lowest BCUT2D eigenvalue weighted by Crippen LogP contribution is -2.41. The molecule has 0 aliphatic heterocycles. The van der Waals surface area contributed by atoms with Gasteiger partial charge in [-0.2, -0.15) is 0 Å². The Bertz CT molecular complexity index is 949. The molecule has 4 aliphatic rings. The Balaban J connectivity index is 1.61. The van der Waals surface area contributed by atoms with Crippen LogP contribution in [0.25, 0.3) is 16.7 Å². The highest BCUT2D eigenvalue weighted by atomic mass is 35.5. The zero-order chi connectivity index (χ0) is 18.7. The molecule has 1 N–H and O–H groups in total. The SMILES string of the molecule is Cc1ccc(-c2ccc(Cl)cc2)cc1C1=C(O)[C@H]2C3CCC(CC3)[C@H]2C1=O. The lowest BCUT2D eigenvalue weighted by atomic mass is 9.59. The molecule has 0 saturated heterocycles. The number of hydrogen-bond donors (Lipinski definition) is 1. The second kappa shape index (κ2) is 6.24. The molecule has 3 fully saturated rings. The van der Waals surface area contributed by atoms with E-state index in [4.69, 9.17) is 11.6 Å². The summed E-state index contributed by atoms with van der Waals surface area (Å²) in [5.41, 5.74) is 4.60. The van der Waals surface area contributed by atoms with Crippen LogP contribution in [0.3, 0.4) is 0 Å². The molecule has 3 heteroatoms. The Hall–Kier alpha value is -2.06. The van der Waals surface area contributed by atoms with E-state index in [0.717, 1.165) is 47.9 Å². The third kappa shape index (κ3) is 2.57. The van der Waals surface area contributed by atoms with Crippen molar-refractivity contribution in [1.82, 2.24) is 0 Å². The summed E-state index contributed by atoms with van der Waals surface area (Å²) in [6, 6.07) is 13.9. The van der Waals surface area contributed by atoms with Gasteiger partial charge in [-0.25, -0.2) is 0 Å². The molecule has 2 aromatic rings. The lowest BCUT2D eigenvalue weighted by Gasteiger charge is -2.44. The molecule has 138 valence electrons. The topological polar surface area (TPSA) is 37.3 Å². The molecule has 6 rings (SSSR count). The number of carbonyl (C=O) groups excluding carboxylic acids is 1. The van der Waals surface area contributed by atoms with Crippen LogP contribution in [0.4, 0.5) is 0 Å². The zero-order valence-electron chi connectivity index (χ0n) is 15.4. The fourth-order valence-electron chi connectivity index (χ4n) is 5.66. The van der Waals surface area contributed by atoms with Crippen LogP contribution in [0.15, 0.2) is 48.2 Å². The maximum atomic E-state index is 13.3. The van der Waals surface area contributed by atoms with Crippen molar-refractivity contribution in [2.24, 2.45) is 23.7 Å². The van der Waals surface area contributed by atoms with E-state index in [-0.39, 0.29) is 17.6 Å². The number of carbonyl (C=O) groups is 1. The van der Waals surface area contributed by atoms with E-state index < -0.39 is 0 Å². The van der Waals surface area contributed by atoms with Crippen molar-refractivity contribution < 1.29 is 9.90 Å². The molecular formula is C24H23ClO2. The Labute approximate surface area is 164 Å². The van der Waals surface area contributed by atoms with Crippen molar-refractivity contribution in [1.29, 1.82) is 0 Å². The smallest absolute Gasteiger partial charge is 0.170 e. The average Bonchev–Trinajstić information content (AvgIpc) is 2.97. The Kier molecular flexibility index (Phi) is 3.94. The van der Waals surface area contributed by atoms with E-state index in [9.17, 15) is 9.90 Å². The zero-order valence-corrected chi connectivity index (χ0v) is 16.2. The minimum Gasteiger partial charge on any atom is -0.511 e. The molecule has 4 aliphatic carbocycles. The summed E-state index contributed by atoms with van der Waals surface area (Å²) in [4.78, 5) is 13.3. The molecule has 0 spiro atoms. The van der Waals surface area contributed by atoms with E-state index in [0.29, 0.717) is 28.2 Å². The highest BCUT2D eigenvalue weighted by molar-refractivity contribution is 6.30. The second-order valence-electron chi connectivity index (χ2n) is 8.39. The number of hydrogen-bond acceptors (Lipinski definition) is 2. The quantitative estimate of drug-likeness (QED) is 0.673. The fourth-order valence-corrected chi connectivity index (χ4v) is 5.79. The maximum Gasteiger partial charge on any atom is 0.170 e. The minimum absolute atomic E-state index is 0.00564. The van der Waals surface area contributed by atoms with E-state index in [1.54, 1.807) is 0 Å². The van der Waals surface area contributed by atoms with Crippen molar-refractivity contribution in [3.05, 3.63) is 64.4 Å². The minimum atomic E-state index is 0.00564. The Morgan fingerprint density at radius 2 is 1.48 bits per heavy atom. The van der Waals surface area contributed by atoms with Gasteiger partial charge in [0.25, 0.3) is 0 Å². The number of rotatable bonds is 2. The summed E-state index contributed by atoms with van der Waals surface area (Å²) in [6.07, 6.45) is 4.59. The van der Waals surface area contributed by atoms with Crippen LogP contribution in [0, 0.1) is 30.6 Å². The number of aliphatic hydroxyl groups is 1. The van der Waals surface area contributed by atoms with E-state index in [1.807, 2.05) is 37.3 Å². The van der Waals surface area contributed by atoms with Gasteiger partial charge in [-0.3, -0.25) is 4.79 Å². The van der Waals surface area contributed by atoms with Crippen LogP contribution in [0.5, 0.6) is 0 Å². The monoisotopic (exact) mass is 378 g/mol. The third-order valence-corrected chi connectivity index (χ3v) is 7.28. The number of ketones is 1. The Morgan fingerprint density at radius 1 is 0.889 bits per heavy atom. The molecule has 27 heavy (non-hydrogen) atoms. The molecule has 0 amide bonds. The average molecular weight is 379 g/mol. The van der Waals surface area contributed by atoms with E-state index in [1.165, 1.54) is 0 Å². The van der Waals surface area contributed by atoms with Gasteiger partial charge in [0.1, 0.15) is 5.76 Å². The molecule has 0 radical (unpaired) electrons. The van der Waals surface area contributed by atoms with Crippen molar-refractivity contribution in [3.8, 4) is 11.1 Å². The first-order chi connectivity index (χ1) is 13.0. The first-order valence-corrected chi connectivity index (χ1v) is 10.3. The Morgan fingerprint density at radius 3 is 2.11 bits per heavy atom. The first-order valence-electron chi connectivity index (χ1n) is 9.89. The number of benzene rings is 2. The maximum absolute atomic E-state index is 13.3. The predicted molar refractivity (Wildman–Crippen MR) is 109 cm³/mol. The molecule has 2 bridgehead atoms. The summed E-state index contributed by atoms with van der Waals surface area (Å²) < 4.78 is 0. The number of halogens is 1. The number of Topliss-reactive ketones (excluding diaryl/α,β-unsaturated/α-hetero) is 1.